The maximum Gasteiger partial charge on any atom is 0.247 e. The lowest BCUT2D eigenvalue weighted by Crippen LogP contribution is -2.47. The van der Waals surface area contributed by atoms with Crippen LogP contribution in [0.4, 0.5) is 5.13 Å². The van der Waals surface area contributed by atoms with Gasteiger partial charge in [-0.15, -0.1) is 0 Å². The first-order chi connectivity index (χ1) is 14.9. The number of benzene rings is 1. The molecule has 0 spiro atoms. The Kier molecular flexibility index (Phi) is 6.22. The summed E-state index contributed by atoms with van der Waals surface area (Å²) in [6.07, 6.45) is 3.95. The highest BCUT2D eigenvalue weighted by Gasteiger charge is 2.39. The van der Waals surface area contributed by atoms with E-state index in [-0.39, 0.29) is 12.5 Å². The molecule has 0 saturated carbocycles. The number of anilines is 1. The molecule has 1 aliphatic heterocycles. The maximum atomic E-state index is 13.6. The predicted octanol–water partition coefficient (Wildman–Crippen LogP) is 3.05. The van der Waals surface area contributed by atoms with E-state index in [0.29, 0.717) is 48.1 Å². The molecule has 8 nitrogen and oxygen atoms in total. The fourth-order valence-electron chi connectivity index (χ4n) is 3.76. The number of sulfonamides is 1. The van der Waals surface area contributed by atoms with Gasteiger partial charge < -0.3 is 4.74 Å². The molecule has 2 aromatic heterocycles. The Morgan fingerprint density at radius 1 is 1.29 bits per heavy atom. The van der Waals surface area contributed by atoms with E-state index < -0.39 is 16.1 Å². The van der Waals surface area contributed by atoms with Gasteiger partial charge in [0.1, 0.15) is 17.3 Å². The van der Waals surface area contributed by atoms with Crippen molar-refractivity contribution in [2.75, 3.05) is 24.3 Å². The van der Waals surface area contributed by atoms with Gasteiger partial charge in [0, 0.05) is 12.7 Å². The molecule has 1 atom stereocenters. The lowest BCUT2D eigenvalue weighted by atomic mass is 10.2. The van der Waals surface area contributed by atoms with Gasteiger partial charge in [-0.1, -0.05) is 23.5 Å². The lowest BCUT2D eigenvalue weighted by Gasteiger charge is -2.27. The summed E-state index contributed by atoms with van der Waals surface area (Å²) >= 11 is 1.38. The van der Waals surface area contributed by atoms with Crippen LogP contribution < -0.4 is 9.64 Å². The van der Waals surface area contributed by atoms with E-state index in [2.05, 4.69) is 4.98 Å². The molecule has 1 fully saturated rings. The third-order valence-corrected chi connectivity index (χ3v) is 7.46. The summed E-state index contributed by atoms with van der Waals surface area (Å²) in [5.74, 6) is 0.372. The van der Waals surface area contributed by atoms with Gasteiger partial charge in [-0.25, -0.2) is 13.4 Å². The van der Waals surface area contributed by atoms with Crippen molar-refractivity contribution in [3.63, 3.8) is 0 Å². The number of nitrogens with zero attached hydrogens (tertiary/aromatic N) is 4. The number of amides is 1. The molecular weight excluding hydrogens is 436 g/mol. The zero-order valence-electron chi connectivity index (χ0n) is 17.4. The van der Waals surface area contributed by atoms with E-state index in [0.717, 1.165) is 11.0 Å². The van der Waals surface area contributed by atoms with Crippen LogP contribution in [-0.4, -0.2) is 54.0 Å². The van der Waals surface area contributed by atoms with Crippen molar-refractivity contribution in [1.82, 2.24) is 14.3 Å². The van der Waals surface area contributed by atoms with Gasteiger partial charge in [-0.2, -0.15) is 4.31 Å². The zero-order valence-corrected chi connectivity index (χ0v) is 19.0. The lowest BCUT2D eigenvalue weighted by molar-refractivity contribution is -0.121. The van der Waals surface area contributed by atoms with E-state index >= 15 is 0 Å². The number of para-hydroxylation sites is 1. The third-order valence-electron chi connectivity index (χ3n) is 5.13. The molecular formula is C21H24N4O4S2. The number of fused-ring (bicyclic) bond motifs is 1. The molecule has 0 N–H and O–H groups in total. The Morgan fingerprint density at radius 2 is 2.13 bits per heavy atom. The van der Waals surface area contributed by atoms with Crippen molar-refractivity contribution in [3.05, 3.63) is 48.3 Å². The molecule has 1 aliphatic rings. The van der Waals surface area contributed by atoms with Crippen LogP contribution in [0.2, 0.25) is 0 Å². The van der Waals surface area contributed by atoms with Crippen molar-refractivity contribution in [3.8, 4) is 5.75 Å². The number of hydrogen-bond acceptors (Lipinski definition) is 7. The van der Waals surface area contributed by atoms with E-state index in [9.17, 15) is 13.2 Å². The Morgan fingerprint density at radius 3 is 2.84 bits per heavy atom. The van der Waals surface area contributed by atoms with Crippen molar-refractivity contribution < 1.29 is 17.9 Å². The largest absolute Gasteiger partial charge is 0.492 e. The third kappa shape index (κ3) is 4.56. The highest BCUT2D eigenvalue weighted by Crippen LogP contribution is 2.36. The SMILES string of the molecule is CCOc1cccc2sc(N(Cc3ccccn3)C(=O)C3CCCN3S(C)(=O)=O)nc12. The average Bonchev–Trinajstić information content (AvgIpc) is 3.40. The summed E-state index contributed by atoms with van der Waals surface area (Å²) in [5, 5.41) is 0.498. The quantitative estimate of drug-likeness (QED) is 0.538. The molecule has 1 saturated heterocycles. The number of thiazole rings is 1. The van der Waals surface area contributed by atoms with Crippen molar-refractivity contribution >= 4 is 42.6 Å². The molecule has 0 bridgehead atoms. The highest BCUT2D eigenvalue weighted by atomic mass is 32.2. The minimum absolute atomic E-state index is 0.206. The molecule has 10 heteroatoms. The van der Waals surface area contributed by atoms with Crippen LogP contribution in [0.15, 0.2) is 42.6 Å². The van der Waals surface area contributed by atoms with Crippen LogP contribution in [0.1, 0.15) is 25.5 Å². The fourth-order valence-corrected chi connectivity index (χ4v) is 5.86. The summed E-state index contributed by atoms with van der Waals surface area (Å²) in [6, 6.07) is 10.4. The van der Waals surface area contributed by atoms with Crippen molar-refractivity contribution in [1.29, 1.82) is 0 Å². The van der Waals surface area contributed by atoms with E-state index in [1.54, 1.807) is 11.1 Å². The van der Waals surface area contributed by atoms with Gasteiger partial charge in [0.25, 0.3) is 0 Å². The van der Waals surface area contributed by atoms with Crippen molar-refractivity contribution in [2.45, 2.75) is 32.4 Å². The molecule has 0 radical (unpaired) electrons. The second kappa shape index (κ2) is 8.89. The summed E-state index contributed by atoms with van der Waals surface area (Å²) in [4.78, 5) is 24.2. The van der Waals surface area contributed by atoms with Gasteiger partial charge >= 0.3 is 0 Å². The van der Waals surface area contributed by atoms with Gasteiger partial charge in [0.2, 0.25) is 15.9 Å². The van der Waals surface area contributed by atoms with Crippen LogP contribution >= 0.6 is 11.3 Å². The number of carbonyl (C=O) groups is 1. The molecule has 164 valence electrons. The second-order valence-corrected chi connectivity index (χ2v) is 10.3. The molecule has 1 aromatic carbocycles. The van der Waals surface area contributed by atoms with E-state index in [4.69, 9.17) is 9.72 Å². The normalized spacial score (nSPS) is 17.2. The molecule has 0 aliphatic carbocycles. The number of aromatic nitrogens is 2. The van der Waals surface area contributed by atoms with Crippen LogP contribution in [0.3, 0.4) is 0 Å². The molecule has 3 heterocycles. The first kappa shape index (κ1) is 21.7. The smallest absolute Gasteiger partial charge is 0.247 e. The van der Waals surface area contributed by atoms with Crippen LogP contribution in [0.25, 0.3) is 10.2 Å². The monoisotopic (exact) mass is 460 g/mol. The second-order valence-electron chi connectivity index (χ2n) is 7.31. The predicted molar refractivity (Wildman–Crippen MR) is 121 cm³/mol. The minimum Gasteiger partial charge on any atom is -0.492 e. The molecule has 1 amide bonds. The first-order valence-corrected chi connectivity index (χ1v) is 12.8. The molecule has 1 unspecified atom stereocenters. The minimum atomic E-state index is -3.49. The summed E-state index contributed by atoms with van der Waals surface area (Å²) in [5.41, 5.74) is 1.39. The summed E-state index contributed by atoms with van der Waals surface area (Å²) in [7, 11) is -3.49. The Bertz CT molecular complexity index is 1180. The van der Waals surface area contributed by atoms with Crippen LogP contribution in [0.5, 0.6) is 5.75 Å². The van der Waals surface area contributed by atoms with Gasteiger partial charge in [0.05, 0.1) is 29.8 Å². The van der Waals surface area contributed by atoms with E-state index in [1.807, 2.05) is 43.3 Å². The number of pyridine rings is 1. The average molecular weight is 461 g/mol. The molecule has 3 aromatic rings. The number of rotatable bonds is 7. The van der Waals surface area contributed by atoms with Crippen molar-refractivity contribution in [2.24, 2.45) is 0 Å². The number of ether oxygens (including phenoxy) is 1. The van der Waals surface area contributed by atoms with Gasteiger partial charge in [-0.3, -0.25) is 14.7 Å². The van der Waals surface area contributed by atoms with Gasteiger partial charge in [0.15, 0.2) is 5.13 Å². The fraction of sp³-hybridized carbons (Fsp3) is 0.381. The van der Waals surface area contributed by atoms with E-state index in [1.165, 1.54) is 15.6 Å². The summed E-state index contributed by atoms with van der Waals surface area (Å²) in [6.45, 7) is 2.97. The topological polar surface area (TPSA) is 92.7 Å². The Balaban J connectivity index is 1.75. The molecule has 4 rings (SSSR count). The highest BCUT2D eigenvalue weighted by molar-refractivity contribution is 7.88. The number of hydrogen-bond donors (Lipinski definition) is 0. The maximum absolute atomic E-state index is 13.6. The van der Waals surface area contributed by atoms with Crippen LogP contribution in [-0.2, 0) is 21.4 Å². The Labute approximate surface area is 185 Å². The summed E-state index contributed by atoms with van der Waals surface area (Å²) < 4.78 is 32.4. The first-order valence-electron chi connectivity index (χ1n) is 10.1. The van der Waals surface area contributed by atoms with Crippen LogP contribution in [0, 0.1) is 0 Å². The standard InChI is InChI=1S/C21H24N4O4S2/c1-3-29-17-10-6-11-18-19(17)23-21(30-18)24(14-15-8-4-5-12-22-15)20(26)16-9-7-13-25(16)31(2,27)28/h4-6,8,10-12,16H,3,7,9,13-14H2,1-2H3. The molecule has 31 heavy (non-hydrogen) atoms. The zero-order chi connectivity index (χ0) is 22.0. The Hall–Kier alpha value is -2.56. The van der Waals surface area contributed by atoms with Gasteiger partial charge in [-0.05, 0) is 44.0 Å². The number of carbonyl (C=O) groups excluding carboxylic acids is 1.